The third kappa shape index (κ3) is 7.33. The first-order chi connectivity index (χ1) is 33.6. The van der Waals surface area contributed by atoms with Gasteiger partial charge >= 0.3 is 0 Å². The van der Waals surface area contributed by atoms with Gasteiger partial charge in [-0.25, -0.2) is 8.78 Å². The van der Waals surface area contributed by atoms with Crippen LogP contribution < -0.4 is 0 Å². The molecule has 0 N–H and O–H groups in total. The molecule has 0 nitrogen and oxygen atoms in total. The molecule has 320 valence electrons. The molecule has 0 aliphatic rings. The summed E-state index contributed by atoms with van der Waals surface area (Å²) >= 11 is 0. The van der Waals surface area contributed by atoms with Crippen molar-refractivity contribution >= 4 is 32.3 Å². The zero-order valence-electron chi connectivity index (χ0n) is 37.0. The molecule has 68 heavy (non-hydrogen) atoms. The lowest BCUT2D eigenvalue weighted by Gasteiger charge is -2.26. The predicted octanol–water partition coefficient (Wildman–Crippen LogP) is 18.8. The van der Waals surface area contributed by atoms with Gasteiger partial charge in [0.05, 0.1) is 0 Å². The molecule has 12 aromatic rings. The summed E-state index contributed by atoms with van der Waals surface area (Å²) in [4.78, 5) is 0. The Morgan fingerprint density at radius 2 is 0.397 bits per heavy atom. The first-order valence-corrected chi connectivity index (χ1v) is 23.0. The molecule has 12 aromatic carbocycles. The van der Waals surface area contributed by atoms with Crippen LogP contribution in [-0.2, 0) is 0 Å². The molecule has 0 atom stereocenters. The highest BCUT2D eigenvalue weighted by Gasteiger charge is 2.27. The van der Waals surface area contributed by atoms with Crippen LogP contribution in [0.5, 0.6) is 0 Å². The van der Waals surface area contributed by atoms with Crippen LogP contribution in [0.4, 0.5) is 8.78 Å². The van der Waals surface area contributed by atoms with Gasteiger partial charge in [-0.1, -0.05) is 218 Å². The molecule has 2 heteroatoms. The summed E-state index contributed by atoms with van der Waals surface area (Å²) in [5.74, 6) is -0.602. The fourth-order valence-corrected chi connectivity index (χ4v) is 10.2. The van der Waals surface area contributed by atoms with Crippen LogP contribution in [0.1, 0.15) is 0 Å². The molecule has 0 amide bonds. The van der Waals surface area contributed by atoms with Gasteiger partial charge in [0.15, 0.2) is 0 Å². The lowest BCUT2D eigenvalue weighted by molar-refractivity contribution is 0.627. The Bertz CT molecular complexity index is 3520. The van der Waals surface area contributed by atoms with E-state index in [-0.39, 0.29) is 11.6 Å². The van der Waals surface area contributed by atoms with Crippen LogP contribution in [0.15, 0.2) is 255 Å². The van der Waals surface area contributed by atoms with Crippen molar-refractivity contribution in [2.45, 2.75) is 0 Å². The first-order valence-electron chi connectivity index (χ1n) is 23.0. The van der Waals surface area contributed by atoms with Gasteiger partial charge in [0.2, 0.25) is 0 Å². The van der Waals surface area contributed by atoms with Crippen molar-refractivity contribution < 1.29 is 8.78 Å². The minimum absolute atomic E-state index is 0.301. The molecule has 0 heterocycles. The van der Waals surface area contributed by atoms with Crippen molar-refractivity contribution in [2.75, 3.05) is 0 Å². The van der Waals surface area contributed by atoms with E-state index >= 15 is 8.78 Å². The lowest BCUT2D eigenvalue weighted by atomic mass is 9.76. The lowest BCUT2D eigenvalue weighted by Crippen LogP contribution is -1.99. The zero-order valence-corrected chi connectivity index (χ0v) is 37.0. The number of benzene rings is 12. The third-order valence-corrected chi connectivity index (χ3v) is 13.4. The molecule has 12 rings (SSSR count). The second kappa shape index (κ2) is 17.3. The number of halogens is 2. The highest BCUT2D eigenvalue weighted by Crippen LogP contribution is 2.54. The molecule has 0 aliphatic carbocycles. The number of hydrogen-bond acceptors (Lipinski definition) is 0. The first kappa shape index (κ1) is 40.8. The van der Waals surface area contributed by atoms with Crippen LogP contribution in [0.3, 0.4) is 0 Å². The molecular weight excluding hydrogens is 831 g/mol. The van der Waals surface area contributed by atoms with Crippen LogP contribution in [-0.4, -0.2) is 0 Å². The molecule has 0 spiro atoms. The van der Waals surface area contributed by atoms with E-state index in [9.17, 15) is 0 Å². The van der Waals surface area contributed by atoms with E-state index < -0.39 is 0 Å². The van der Waals surface area contributed by atoms with Gasteiger partial charge in [0, 0.05) is 0 Å². The molecule has 0 fully saturated rings. The third-order valence-electron chi connectivity index (χ3n) is 13.4. The smallest absolute Gasteiger partial charge is 0.123 e. The van der Waals surface area contributed by atoms with Crippen LogP contribution in [0.2, 0.25) is 0 Å². The Hall–Kier alpha value is -8.72. The Labute approximate surface area is 394 Å². The molecule has 0 aromatic heterocycles. The summed E-state index contributed by atoms with van der Waals surface area (Å²) in [6.07, 6.45) is 0. The van der Waals surface area contributed by atoms with Crippen molar-refractivity contribution in [3.8, 4) is 89.0 Å². The van der Waals surface area contributed by atoms with Crippen LogP contribution in [0, 0.1) is 11.6 Å². The average molecular weight is 873 g/mol. The molecule has 0 aliphatic heterocycles. The van der Waals surface area contributed by atoms with Crippen molar-refractivity contribution in [1.82, 2.24) is 0 Å². The SMILES string of the molecule is Fc1ccc(-c2c3cc(-c4ccccc4)ccc3c(-c3ccc(-c4ccccc4)cc3)c3c(-c4ccc(F)cc4)c4cc(-c5ccccc5)ccc4c(-c4ccc(-c5ccccc5)cc4)c23)cc1. The topological polar surface area (TPSA) is 0 Å². The second-order valence-corrected chi connectivity index (χ2v) is 17.4. The van der Waals surface area contributed by atoms with E-state index in [1.165, 1.54) is 0 Å². The van der Waals surface area contributed by atoms with Gasteiger partial charge in [0.1, 0.15) is 11.6 Å². The Kier molecular flexibility index (Phi) is 10.3. The van der Waals surface area contributed by atoms with Crippen molar-refractivity contribution in [3.05, 3.63) is 266 Å². The van der Waals surface area contributed by atoms with Crippen LogP contribution >= 0.6 is 0 Å². The summed E-state index contributed by atoms with van der Waals surface area (Å²) in [6, 6.07) is 87.2. The normalized spacial score (nSPS) is 11.4. The van der Waals surface area contributed by atoms with E-state index in [0.717, 1.165) is 121 Å². The Balaban J connectivity index is 1.32. The quantitative estimate of drug-likeness (QED) is 0.133. The van der Waals surface area contributed by atoms with Crippen molar-refractivity contribution in [2.24, 2.45) is 0 Å². The highest BCUT2D eigenvalue weighted by atomic mass is 19.1. The zero-order chi connectivity index (χ0) is 45.6. The monoisotopic (exact) mass is 872 g/mol. The molecule has 0 unspecified atom stereocenters. The van der Waals surface area contributed by atoms with E-state index in [2.05, 4.69) is 182 Å². The van der Waals surface area contributed by atoms with Gasteiger partial charge in [-0.05, 0) is 158 Å². The minimum Gasteiger partial charge on any atom is -0.207 e. The fourth-order valence-electron chi connectivity index (χ4n) is 10.2. The molecule has 0 saturated carbocycles. The van der Waals surface area contributed by atoms with Gasteiger partial charge in [-0.2, -0.15) is 0 Å². The fraction of sp³-hybridized carbons (Fsp3) is 0. The van der Waals surface area contributed by atoms with E-state index in [1.54, 1.807) is 24.3 Å². The van der Waals surface area contributed by atoms with Gasteiger partial charge in [-0.15, -0.1) is 0 Å². The Morgan fingerprint density at radius 1 is 0.176 bits per heavy atom. The maximum atomic E-state index is 15.2. The van der Waals surface area contributed by atoms with Crippen LogP contribution in [0.25, 0.3) is 121 Å². The second-order valence-electron chi connectivity index (χ2n) is 17.4. The molecular formula is C66H42F2. The van der Waals surface area contributed by atoms with Crippen molar-refractivity contribution in [3.63, 3.8) is 0 Å². The average Bonchev–Trinajstić information content (AvgIpc) is 3.41. The number of fused-ring (bicyclic) bond motifs is 3. The largest absolute Gasteiger partial charge is 0.207 e. The van der Waals surface area contributed by atoms with Gasteiger partial charge in [-0.3, -0.25) is 0 Å². The Morgan fingerprint density at radius 3 is 0.706 bits per heavy atom. The molecule has 0 bridgehead atoms. The summed E-state index contributed by atoms with van der Waals surface area (Å²) in [5.41, 5.74) is 16.9. The summed E-state index contributed by atoms with van der Waals surface area (Å²) in [7, 11) is 0. The minimum atomic E-state index is -0.301. The van der Waals surface area contributed by atoms with E-state index in [4.69, 9.17) is 0 Å². The molecule has 0 saturated heterocycles. The van der Waals surface area contributed by atoms with Crippen molar-refractivity contribution in [1.29, 1.82) is 0 Å². The highest BCUT2D eigenvalue weighted by molar-refractivity contribution is 6.34. The summed E-state index contributed by atoms with van der Waals surface area (Å²) < 4.78 is 30.3. The number of hydrogen-bond donors (Lipinski definition) is 0. The number of rotatable bonds is 8. The predicted molar refractivity (Wildman–Crippen MR) is 282 cm³/mol. The van der Waals surface area contributed by atoms with E-state index in [0.29, 0.717) is 0 Å². The summed E-state index contributed by atoms with van der Waals surface area (Å²) in [5, 5.41) is 6.25. The standard InChI is InChI=1S/C66H42F2/c67-55-35-29-51(30-36-55)63-60-42-54(46-19-11-4-12-20-46)34-40-58(60)62(50-27-23-48(24-28-50)44-15-7-2-8-16-44)66-64(52-31-37-56(68)38-32-52)59-41-53(45-17-9-3-10-18-45)33-39-57(59)61(65(63)66)49-25-21-47(22-26-49)43-13-5-1-6-14-43/h1-42H. The van der Waals surface area contributed by atoms with Gasteiger partial charge < -0.3 is 0 Å². The van der Waals surface area contributed by atoms with E-state index in [1.807, 2.05) is 48.5 Å². The maximum absolute atomic E-state index is 15.2. The summed E-state index contributed by atoms with van der Waals surface area (Å²) in [6.45, 7) is 0. The maximum Gasteiger partial charge on any atom is 0.123 e. The molecule has 0 radical (unpaired) electrons. The van der Waals surface area contributed by atoms with Gasteiger partial charge in [0.25, 0.3) is 0 Å².